The normalized spacial score (nSPS) is 11.0. The van der Waals surface area contributed by atoms with E-state index in [0.29, 0.717) is 88.5 Å². The van der Waals surface area contributed by atoms with Crippen LogP contribution >= 0.6 is 82.4 Å². The summed E-state index contributed by atoms with van der Waals surface area (Å²) in [6, 6.07) is 19.8. The predicted molar refractivity (Wildman–Crippen MR) is 469 cm³/mol. The zero-order chi connectivity index (χ0) is 90.9. The molecular formula is C92H74AlBr5F18LiO6P. The van der Waals surface area contributed by atoms with E-state index < -0.39 is 130 Å². The minimum atomic E-state index is -1.70. The van der Waals surface area contributed by atoms with Gasteiger partial charge in [-0.05, 0) is 380 Å². The van der Waals surface area contributed by atoms with E-state index in [1.165, 1.54) is 12.1 Å². The number of halogens is 23. The van der Waals surface area contributed by atoms with Crippen LogP contribution in [0.5, 0.6) is 0 Å². The van der Waals surface area contributed by atoms with Crippen LogP contribution in [0.3, 0.4) is 0 Å². The van der Waals surface area contributed by atoms with Crippen molar-refractivity contribution in [1.29, 1.82) is 0 Å². The SMILES string of the molecule is BrP(Br)Br.COC(=O)c1c(-c2cc(F)c(F)c(F)c2)cc(C)c(C)c1-c1c(C)c(C)cc(-c2cc(F)c(F)c(F)c2)c1C(=O)OC.Cc1cc(-c2cc(F)c(F)c(F)c2)c(CBr)c(-c2c(C)c(C)cc(-c3cc(F)c(F)c(F)c3)c2CBr)c1C.Cc1cc(-c2cc(F)c(F)c(F)c2)c(CO)c(-c2c(C)c(C)cc(-c3cc(F)c(F)c(F)c3)c2CO)c1C.[AlH3].[H-].[Li+]. The van der Waals surface area contributed by atoms with Crippen LogP contribution in [0.1, 0.15) is 111 Å². The van der Waals surface area contributed by atoms with Crippen LogP contribution < -0.4 is 18.9 Å². The molecule has 0 bridgehead atoms. The third-order valence-corrected chi connectivity index (χ3v) is 22.5. The van der Waals surface area contributed by atoms with E-state index in [1.807, 2.05) is 27.7 Å². The molecule has 0 saturated heterocycles. The standard InChI is InChI=1S/C32H24F6O4.C30H22Br2F6.C30H24F6O2.Al.Br3P.Li.4H/c1-13-7-19(17-9-21(33)29(37)22(34)10-17)27(31(39)41-5)25(15(13)3)26-16(4)14(2)8-20(28(26)32(40)42-6)18-11-23(35)30(38)24(36)12-18;1-13-5-19(17-7-23(33)29(37)24(34)8-17)21(11-31)27(15(13)3)28-16(4)14(2)6-20(22(28)12-32)18-9-25(35)30(38)26(36)10-18;1-13-5-19(17-7-23(31)29(35)24(32)8-17)21(11-37)27(15(13)3)28-16(4)14(2)6-20(22(28)12-38)18-9-25(33)30(36)26(34)10-18;;1-4(2)3;;;;;/h7-12H,1-6H3;5-10H,11-12H2,1-4H3;5-10,37-38H,11-12H2,1-4H3;;;;;;;/q;;;;;+1;;;;-1. The van der Waals surface area contributed by atoms with E-state index in [2.05, 4.69) is 78.3 Å². The number of aliphatic hydroxyl groups is 2. The Bertz CT molecular complexity index is 5520. The average Bonchev–Trinajstić information content (AvgIpc) is 0.736. The Hall–Kier alpha value is -7.80. The zero-order valence-corrected chi connectivity index (χ0v) is 76.7. The maximum absolute atomic E-state index is 14.3. The Morgan fingerprint density at radius 3 is 0.597 bits per heavy atom. The Kier molecular flexibility index (Phi) is 35.7. The first-order valence-corrected chi connectivity index (χ1v) is 45.9. The summed E-state index contributed by atoms with van der Waals surface area (Å²) < 4.78 is 263. The molecule has 12 rings (SSSR count). The van der Waals surface area contributed by atoms with Crippen LogP contribution in [0.4, 0.5) is 79.0 Å². The van der Waals surface area contributed by atoms with Gasteiger partial charge in [-0.2, -0.15) is 0 Å². The maximum Gasteiger partial charge on any atom is 1.00 e. The van der Waals surface area contributed by atoms with Gasteiger partial charge < -0.3 is 21.1 Å². The number of aliphatic hydroxyl groups excluding tert-OH is 2. The minimum Gasteiger partial charge on any atom is -1.00 e. The molecule has 2 N–H and O–H groups in total. The van der Waals surface area contributed by atoms with Gasteiger partial charge in [0.1, 0.15) is 4.03 Å². The molecule has 0 fully saturated rings. The van der Waals surface area contributed by atoms with E-state index in [1.54, 1.807) is 79.7 Å². The van der Waals surface area contributed by atoms with Gasteiger partial charge in [0.05, 0.1) is 38.6 Å². The molecule has 0 aromatic heterocycles. The first-order chi connectivity index (χ1) is 57.3. The molecule has 0 aliphatic carbocycles. The number of rotatable bonds is 15. The van der Waals surface area contributed by atoms with Crippen LogP contribution in [-0.2, 0) is 33.3 Å². The second-order valence-corrected chi connectivity index (χ2v) is 44.8. The number of ether oxygens (including phenoxy) is 2. The van der Waals surface area contributed by atoms with E-state index in [-0.39, 0.29) is 131 Å². The molecule has 6 nitrogen and oxygen atoms in total. The number of alkyl halides is 2. The van der Waals surface area contributed by atoms with Gasteiger partial charge >= 0.3 is 30.8 Å². The molecule has 0 unspecified atom stereocenters. The van der Waals surface area contributed by atoms with Crippen molar-refractivity contribution >= 4 is 112 Å². The third kappa shape index (κ3) is 21.0. The van der Waals surface area contributed by atoms with Crippen molar-refractivity contribution in [3.8, 4) is 100 Å². The van der Waals surface area contributed by atoms with Gasteiger partial charge in [0.2, 0.25) is 0 Å². The topological polar surface area (TPSA) is 93.1 Å². The smallest absolute Gasteiger partial charge is 1.00 e. The summed E-state index contributed by atoms with van der Waals surface area (Å²) in [5, 5.41) is 21.5. The molecule has 648 valence electrons. The Morgan fingerprint density at radius 2 is 0.435 bits per heavy atom. The van der Waals surface area contributed by atoms with Gasteiger partial charge in [-0.1, -0.05) is 68.3 Å². The molecule has 0 amide bonds. The molecule has 0 spiro atoms. The van der Waals surface area contributed by atoms with Crippen molar-refractivity contribution in [3.05, 3.63) is 314 Å². The predicted octanol–water partition coefficient (Wildman–Crippen LogP) is 25.9. The molecule has 0 radical (unpaired) electrons. The van der Waals surface area contributed by atoms with E-state index >= 15 is 0 Å². The third-order valence-electron chi connectivity index (χ3n) is 21.4. The van der Waals surface area contributed by atoms with Crippen molar-refractivity contribution in [2.75, 3.05) is 14.2 Å². The summed E-state index contributed by atoms with van der Waals surface area (Å²) in [6.07, 6.45) is 0. The van der Waals surface area contributed by atoms with E-state index in [4.69, 9.17) is 9.47 Å². The van der Waals surface area contributed by atoms with Gasteiger partial charge in [0.25, 0.3) is 0 Å². The summed E-state index contributed by atoms with van der Waals surface area (Å²) in [7, 11) is 2.16. The number of methoxy groups -OCH3 is 2. The Morgan fingerprint density at radius 1 is 0.290 bits per heavy atom. The number of carbonyl (C=O) groups is 2. The fourth-order valence-electron chi connectivity index (χ4n) is 14.7. The number of hydrogen-bond acceptors (Lipinski definition) is 6. The fraction of sp³-hybridized carbons (Fsp3) is 0.196. The molecule has 0 saturated carbocycles. The Labute approximate surface area is 769 Å². The van der Waals surface area contributed by atoms with Gasteiger partial charge in [0.15, 0.2) is 122 Å². The molecule has 0 aliphatic heterocycles. The molecule has 0 heterocycles. The maximum atomic E-state index is 14.3. The number of carbonyl (C=O) groups excluding carboxylic acids is 2. The molecule has 0 atom stereocenters. The minimum absolute atomic E-state index is 0. The van der Waals surface area contributed by atoms with Crippen molar-refractivity contribution in [1.82, 2.24) is 0 Å². The van der Waals surface area contributed by atoms with Crippen LogP contribution in [0.2, 0.25) is 0 Å². The molecule has 0 aliphatic rings. The van der Waals surface area contributed by atoms with Gasteiger partial charge in [-0.15, -0.1) is 0 Å². The van der Waals surface area contributed by atoms with E-state index in [9.17, 15) is 98.8 Å². The zero-order valence-electron chi connectivity index (χ0n) is 68.9. The molecule has 124 heavy (non-hydrogen) atoms. The average molecular weight is 2080 g/mol. The quantitative estimate of drug-likeness (QED) is 0.0265. The van der Waals surface area contributed by atoms with Crippen LogP contribution in [-0.4, -0.2) is 53.7 Å². The molecule has 12 aromatic carbocycles. The molecule has 32 heteroatoms. The van der Waals surface area contributed by atoms with E-state index in [0.717, 1.165) is 120 Å². The monoisotopic (exact) mass is 2080 g/mol. The van der Waals surface area contributed by atoms with Crippen LogP contribution in [0.25, 0.3) is 100 Å². The summed E-state index contributed by atoms with van der Waals surface area (Å²) >= 11 is 16.6. The summed E-state index contributed by atoms with van der Waals surface area (Å²) in [6.45, 7) is 20.0. The molecule has 12 aromatic rings. The van der Waals surface area contributed by atoms with Gasteiger partial charge in [0, 0.05) is 21.8 Å². The van der Waals surface area contributed by atoms with Crippen molar-refractivity contribution in [3.63, 3.8) is 0 Å². The second kappa shape index (κ2) is 42.9. The van der Waals surface area contributed by atoms with Crippen LogP contribution in [0, 0.1) is 188 Å². The summed E-state index contributed by atoms with van der Waals surface area (Å²) in [5.74, 6) is -28.4. The van der Waals surface area contributed by atoms with Crippen molar-refractivity contribution in [2.45, 2.75) is 107 Å². The summed E-state index contributed by atoms with van der Waals surface area (Å²) in [5.41, 5.74) is 13.6. The van der Waals surface area contributed by atoms with Crippen molar-refractivity contribution in [2.24, 2.45) is 0 Å². The number of hydrogen-bond donors (Lipinski definition) is 2. The second-order valence-electron chi connectivity index (χ2n) is 28.4. The van der Waals surface area contributed by atoms with Gasteiger partial charge in [-0.25, -0.2) is 88.6 Å². The number of esters is 2. The van der Waals surface area contributed by atoms with Gasteiger partial charge in [-0.3, -0.25) is 0 Å². The molecular weight excluding hydrogens is 2010 g/mol. The first-order valence-electron chi connectivity index (χ1n) is 36.3. The van der Waals surface area contributed by atoms with Crippen LogP contribution in [0.15, 0.2) is 109 Å². The summed E-state index contributed by atoms with van der Waals surface area (Å²) in [4.78, 5) is 26.8. The fourth-order valence-corrected chi connectivity index (χ4v) is 15.8. The largest absolute Gasteiger partial charge is 1.00 e. The number of benzene rings is 12. The van der Waals surface area contributed by atoms with Crippen molar-refractivity contribution < 1.29 is 129 Å². The number of aryl methyl sites for hydroxylation is 6. The Balaban J connectivity index is 0.000000280. The first kappa shape index (κ1) is 103.